The Hall–Kier alpha value is -1.55. The Morgan fingerprint density at radius 2 is 1.88 bits per heavy atom. The molecule has 0 amide bonds. The second kappa shape index (κ2) is 3.79. The summed E-state index contributed by atoms with van der Waals surface area (Å²) in [6.45, 7) is 3.93. The van der Waals surface area contributed by atoms with Gasteiger partial charge in [0.2, 0.25) is 0 Å². The molecule has 86 valence electrons. The van der Waals surface area contributed by atoms with Gasteiger partial charge in [0, 0.05) is 5.56 Å². The summed E-state index contributed by atoms with van der Waals surface area (Å²) in [6, 6.07) is 4.93. The third-order valence-corrected chi connectivity index (χ3v) is 2.36. The number of benzene rings is 1. The highest BCUT2D eigenvalue weighted by atomic mass is 16.6. The number of carbonyl (C=O) groups is 1. The lowest BCUT2D eigenvalue weighted by Crippen LogP contribution is -2.31. The Kier molecular flexibility index (Phi) is 2.59. The van der Waals surface area contributed by atoms with Crippen molar-refractivity contribution in [1.29, 1.82) is 0 Å². The molecule has 1 aromatic rings. The number of Topliss-reactive ketones (excluding diaryl/α,β-unsaturated/α-hetero) is 1. The topological polar surface area (TPSA) is 55.8 Å². The second-order valence-electron chi connectivity index (χ2n) is 4.25. The van der Waals surface area contributed by atoms with Crippen LogP contribution in [0.25, 0.3) is 0 Å². The van der Waals surface area contributed by atoms with Gasteiger partial charge in [0.15, 0.2) is 17.3 Å². The Bertz CT molecular complexity index is 418. The number of aliphatic hydroxyl groups is 1. The van der Waals surface area contributed by atoms with Crippen LogP contribution in [0.5, 0.6) is 11.5 Å². The molecule has 0 radical (unpaired) electrons. The molecular formula is C12H14O4. The summed E-state index contributed by atoms with van der Waals surface area (Å²) in [4.78, 5) is 11.8. The predicted molar refractivity (Wildman–Crippen MR) is 58.1 cm³/mol. The van der Waals surface area contributed by atoms with Gasteiger partial charge in [0.25, 0.3) is 0 Å². The van der Waals surface area contributed by atoms with Crippen LogP contribution in [0.4, 0.5) is 0 Å². The zero-order valence-electron chi connectivity index (χ0n) is 9.32. The van der Waals surface area contributed by atoms with Crippen molar-refractivity contribution in [3.63, 3.8) is 0 Å². The highest BCUT2D eigenvalue weighted by Gasteiger charge is 2.26. The molecule has 0 unspecified atom stereocenters. The zero-order chi connectivity index (χ0) is 11.8. The Morgan fingerprint density at radius 3 is 2.50 bits per heavy atom. The van der Waals surface area contributed by atoms with E-state index >= 15 is 0 Å². The molecule has 0 spiro atoms. The first-order valence-electron chi connectivity index (χ1n) is 5.15. The third-order valence-electron chi connectivity index (χ3n) is 2.36. The van der Waals surface area contributed by atoms with Gasteiger partial charge in [-0.3, -0.25) is 4.79 Å². The minimum absolute atomic E-state index is 0.329. The average molecular weight is 222 g/mol. The molecule has 0 aromatic heterocycles. The third kappa shape index (κ3) is 2.02. The average Bonchev–Trinajstić information content (AvgIpc) is 2.26. The maximum atomic E-state index is 11.8. The fourth-order valence-electron chi connectivity index (χ4n) is 1.54. The molecule has 0 saturated heterocycles. The van der Waals surface area contributed by atoms with Crippen molar-refractivity contribution in [2.75, 3.05) is 13.2 Å². The quantitative estimate of drug-likeness (QED) is 0.769. The van der Waals surface area contributed by atoms with E-state index in [4.69, 9.17) is 9.47 Å². The summed E-state index contributed by atoms with van der Waals surface area (Å²) in [6.07, 6.45) is 0. The van der Waals surface area contributed by atoms with Gasteiger partial charge in [0.05, 0.1) is 0 Å². The van der Waals surface area contributed by atoms with E-state index in [2.05, 4.69) is 0 Å². The van der Waals surface area contributed by atoms with E-state index in [1.165, 1.54) is 13.8 Å². The Labute approximate surface area is 93.8 Å². The smallest absolute Gasteiger partial charge is 0.193 e. The number of rotatable bonds is 2. The molecule has 0 aliphatic carbocycles. The second-order valence-corrected chi connectivity index (χ2v) is 4.25. The van der Waals surface area contributed by atoms with Gasteiger partial charge in [0.1, 0.15) is 18.8 Å². The highest BCUT2D eigenvalue weighted by molar-refractivity contribution is 6.02. The molecule has 1 aliphatic heterocycles. The van der Waals surface area contributed by atoms with E-state index in [0.717, 1.165) is 0 Å². The molecule has 1 aliphatic rings. The minimum atomic E-state index is -1.37. The standard InChI is InChI=1S/C12H14O4/c1-12(2,14)11(13)8-3-4-9-10(7-8)16-6-5-15-9/h3-4,7,14H,5-6H2,1-2H3. The first-order valence-corrected chi connectivity index (χ1v) is 5.15. The summed E-state index contributed by atoms with van der Waals surface area (Å²) >= 11 is 0. The minimum Gasteiger partial charge on any atom is -0.486 e. The molecular weight excluding hydrogens is 208 g/mol. The lowest BCUT2D eigenvalue weighted by molar-refractivity contribution is 0.0487. The van der Waals surface area contributed by atoms with Gasteiger partial charge in [-0.1, -0.05) is 0 Å². The SMILES string of the molecule is CC(C)(O)C(=O)c1ccc2c(c1)OCCO2. The number of ether oxygens (including phenoxy) is 2. The van der Waals surface area contributed by atoms with E-state index in [0.29, 0.717) is 30.3 Å². The van der Waals surface area contributed by atoms with Crippen molar-refractivity contribution in [3.8, 4) is 11.5 Å². The molecule has 2 rings (SSSR count). The van der Waals surface area contributed by atoms with Crippen molar-refractivity contribution in [2.45, 2.75) is 19.4 Å². The van der Waals surface area contributed by atoms with E-state index in [1.54, 1.807) is 18.2 Å². The summed E-state index contributed by atoms with van der Waals surface area (Å²) in [7, 11) is 0. The monoisotopic (exact) mass is 222 g/mol. The van der Waals surface area contributed by atoms with Crippen LogP contribution < -0.4 is 9.47 Å². The molecule has 0 bridgehead atoms. The first kappa shape index (κ1) is 11.0. The van der Waals surface area contributed by atoms with Gasteiger partial charge < -0.3 is 14.6 Å². The van der Waals surface area contributed by atoms with Crippen LogP contribution >= 0.6 is 0 Å². The van der Waals surface area contributed by atoms with Gasteiger partial charge in [-0.05, 0) is 32.0 Å². The van der Waals surface area contributed by atoms with Gasteiger partial charge in [-0.15, -0.1) is 0 Å². The maximum absolute atomic E-state index is 11.8. The van der Waals surface area contributed by atoms with Crippen molar-refractivity contribution in [3.05, 3.63) is 23.8 Å². The van der Waals surface area contributed by atoms with Gasteiger partial charge >= 0.3 is 0 Å². The molecule has 1 N–H and O–H groups in total. The van der Waals surface area contributed by atoms with Crippen LogP contribution in [0.15, 0.2) is 18.2 Å². The zero-order valence-corrected chi connectivity index (χ0v) is 9.32. The summed E-state index contributed by atoms with van der Waals surface area (Å²) in [5.41, 5.74) is -0.944. The van der Waals surface area contributed by atoms with Crippen LogP contribution in [0.3, 0.4) is 0 Å². The van der Waals surface area contributed by atoms with Crippen LogP contribution in [-0.4, -0.2) is 29.7 Å². The summed E-state index contributed by atoms with van der Waals surface area (Å²) < 4.78 is 10.7. The molecule has 16 heavy (non-hydrogen) atoms. The lowest BCUT2D eigenvalue weighted by Gasteiger charge is -2.20. The first-order chi connectivity index (χ1) is 7.48. The largest absolute Gasteiger partial charge is 0.486 e. The molecule has 1 heterocycles. The molecule has 4 nitrogen and oxygen atoms in total. The molecule has 0 atom stereocenters. The number of fused-ring (bicyclic) bond motifs is 1. The maximum Gasteiger partial charge on any atom is 0.193 e. The Balaban J connectivity index is 2.34. The fourth-order valence-corrected chi connectivity index (χ4v) is 1.54. The van der Waals surface area contributed by atoms with E-state index in [-0.39, 0.29) is 5.78 Å². The Morgan fingerprint density at radius 1 is 1.25 bits per heavy atom. The molecule has 0 saturated carbocycles. The van der Waals surface area contributed by atoms with Crippen molar-refractivity contribution in [2.24, 2.45) is 0 Å². The van der Waals surface area contributed by atoms with Crippen LogP contribution in [0.2, 0.25) is 0 Å². The summed E-state index contributed by atoms with van der Waals surface area (Å²) in [5, 5.41) is 9.62. The molecule has 4 heteroatoms. The number of ketones is 1. The molecule has 0 fully saturated rings. The normalized spacial score (nSPS) is 14.7. The fraction of sp³-hybridized carbons (Fsp3) is 0.417. The van der Waals surface area contributed by atoms with Crippen molar-refractivity contribution < 1.29 is 19.4 Å². The van der Waals surface area contributed by atoms with Crippen molar-refractivity contribution in [1.82, 2.24) is 0 Å². The van der Waals surface area contributed by atoms with Crippen LogP contribution in [0.1, 0.15) is 24.2 Å². The predicted octanol–water partition coefficient (Wildman–Crippen LogP) is 1.41. The van der Waals surface area contributed by atoms with E-state index < -0.39 is 5.60 Å². The number of hydrogen-bond acceptors (Lipinski definition) is 4. The van der Waals surface area contributed by atoms with E-state index in [9.17, 15) is 9.90 Å². The highest BCUT2D eigenvalue weighted by Crippen LogP contribution is 2.31. The number of hydrogen-bond donors (Lipinski definition) is 1. The lowest BCUT2D eigenvalue weighted by atomic mass is 9.96. The van der Waals surface area contributed by atoms with Crippen molar-refractivity contribution >= 4 is 5.78 Å². The van der Waals surface area contributed by atoms with Crippen LogP contribution in [0, 0.1) is 0 Å². The van der Waals surface area contributed by atoms with Gasteiger partial charge in [-0.2, -0.15) is 0 Å². The molecule has 1 aromatic carbocycles. The van der Waals surface area contributed by atoms with Crippen LogP contribution in [-0.2, 0) is 0 Å². The number of carbonyl (C=O) groups excluding carboxylic acids is 1. The van der Waals surface area contributed by atoms with E-state index in [1.807, 2.05) is 0 Å². The van der Waals surface area contributed by atoms with Gasteiger partial charge in [-0.25, -0.2) is 0 Å². The summed E-state index contributed by atoms with van der Waals surface area (Å²) in [5.74, 6) is 0.865.